The van der Waals surface area contributed by atoms with Crippen LogP contribution in [-0.4, -0.2) is 9.55 Å². The summed E-state index contributed by atoms with van der Waals surface area (Å²) in [5.41, 5.74) is 2.35. The Morgan fingerprint density at radius 3 is 3.00 bits per heavy atom. The van der Waals surface area contributed by atoms with Gasteiger partial charge < -0.3 is 9.55 Å². The summed E-state index contributed by atoms with van der Waals surface area (Å²) in [6, 6.07) is 7.84. The molecule has 2 aromatic rings. The number of aromatic amines is 1. The SMILES string of the molecule is C=CC(C)n1c(=S)[nH]c2c(C#N)cccc21. The van der Waals surface area contributed by atoms with E-state index in [9.17, 15) is 0 Å². The molecule has 0 bridgehead atoms. The van der Waals surface area contributed by atoms with E-state index in [0.29, 0.717) is 10.3 Å². The predicted molar refractivity (Wildman–Crippen MR) is 66.7 cm³/mol. The van der Waals surface area contributed by atoms with E-state index >= 15 is 0 Å². The fourth-order valence-corrected chi connectivity index (χ4v) is 2.12. The minimum Gasteiger partial charge on any atom is -0.329 e. The van der Waals surface area contributed by atoms with Gasteiger partial charge in [-0.25, -0.2) is 0 Å². The molecule has 0 fully saturated rings. The van der Waals surface area contributed by atoms with E-state index in [0.717, 1.165) is 11.0 Å². The van der Waals surface area contributed by atoms with Crippen LogP contribution in [0.5, 0.6) is 0 Å². The lowest BCUT2D eigenvalue weighted by atomic mass is 10.2. The number of hydrogen-bond acceptors (Lipinski definition) is 2. The molecule has 0 aliphatic rings. The van der Waals surface area contributed by atoms with Gasteiger partial charge in [0.2, 0.25) is 0 Å². The van der Waals surface area contributed by atoms with Crippen LogP contribution in [-0.2, 0) is 0 Å². The van der Waals surface area contributed by atoms with Crippen LogP contribution in [0.25, 0.3) is 11.0 Å². The summed E-state index contributed by atoms with van der Waals surface area (Å²) in [6.07, 6.45) is 1.82. The van der Waals surface area contributed by atoms with Gasteiger partial charge in [-0.3, -0.25) is 0 Å². The largest absolute Gasteiger partial charge is 0.329 e. The molecule has 3 nitrogen and oxygen atoms in total. The number of nitrogens with zero attached hydrogens (tertiary/aromatic N) is 2. The van der Waals surface area contributed by atoms with Gasteiger partial charge in [0, 0.05) is 0 Å². The van der Waals surface area contributed by atoms with Gasteiger partial charge in [-0.2, -0.15) is 5.26 Å². The first-order valence-electron chi connectivity index (χ1n) is 4.95. The molecular weight excluding hydrogens is 218 g/mol. The normalized spacial score (nSPS) is 12.2. The zero-order chi connectivity index (χ0) is 11.7. The van der Waals surface area contributed by atoms with Crippen molar-refractivity contribution in [3.63, 3.8) is 0 Å². The Labute approximate surface area is 98.6 Å². The van der Waals surface area contributed by atoms with Crippen LogP contribution in [0.3, 0.4) is 0 Å². The molecule has 80 valence electrons. The smallest absolute Gasteiger partial charge is 0.178 e. The van der Waals surface area contributed by atoms with Gasteiger partial charge in [0.15, 0.2) is 4.77 Å². The summed E-state index contributed by atoms with van der Waals surface area (Å²) in [6.45, 7) is 5.77. The summed E-state index contributed by atoms with van der Waals surface area (Å²) < 4.78 is 2.57. The van der Waals surface area contributed by atoms with E-state index < -0.39 is 0 Å². The molecule has 0 spiro atoms. The van der Waals surface area contributed by atoms with Crippen LogP contribution in [0.4, 0.5) is 0 Å². The summed E-state index contributed by atoms with van der Waals surface area (Å²) >= 11 is 5.25. The van der Waals surface area contributed by atoms with Gasteiger partial charge in [-0.15, -0.1) is 6.58 Å². The molecular formula is C12H11N3S. The molecule has 0 amide bonds. The standard InChI is InChI=1S/C12H11N3S/c1-3-8(2)15-10-6-4-5-9(7-13)11(10)14-12(15)16/h3-6,8H,1H2,2H3,(H,14,16). The Bertz CT molecular complexity index is 642. The molecule has 16 heavy (non-hydrogen) atoms. The summed E-state index contributed by atoms with van der Waals surface area (Å²) in [7, 11) is 0. The van der Waals surface area contributed by atoms with Crippen molar-refractivity contribution >= 4 is 23.3 Å². The van der Waals surface area contributed by atoms with Gasteiger partial charge in [0.05, 0.1) is 22.6 Å². The Balaban J connectivity index is 2.88. The molecule has 1 aromatic heterocycles. The fraction of sp³-hybridized carbons (Fsp3) is 0.167. The van der Waals surface area contributed by atoms with Crippen molar-refractivity contribution in [1.82, 2.24) is 9.55 Å². The van der Waals surface area contributed by atoms with E-state index in [4.69, 9.17) is 17.5 Å². The molecule has 1 heterocycles. The van der Waals surface area contributed by atoms with Crippen molar-refractivity contribution in [2.75, 3.05) is 0 Å². The topological polar surface area (TPSA) is 44.5 Å². The molecule has 0 aliphatic heterocycles. The van der Waals surface area contributed by atoms with Crippen molar-refractivity contribution < 1.29 is 0 Å². The molecule has 2 rings (SSSR count). The van der Waals surface area contributed by atoms with Gasteiger partial charge in [-0.1, -0.05) is 12.1 Å². The van der Waals surface area contributed by atoms with E-state index in [1.165, 1.54) is 0 Å². The highest BCUT2D eigenvalue weighted by molar-refractivity contribution is 7.71. The molecule has 0 saturated heterocycles. The number of aromatic nitrogens is 2. The number of H-pyrrole nitrogens is 1. The van der Waals surface area contributed by atoms with Crippen molar-refractivity contribution in [3.8, 4) is 6.07 Å². The lowest BCUT2D eigenvalue weighted by molar-refractivity contribution is 0.673. The second kappa shape index (κ2) is 3.95. The van der Waals surface area contributed by atoms with E-state index in [1.807, 2.05) is 29.7 Å². The van der Waals surface area contributed by atoms with Crippen molar-refractivity contribution in [1.29, 1.82) is 5.26 Å². The van der Waals surface area contributed by atoms with Gasteiger partial charge in [0.1, 0.15) is 6.07 Å². The highest BCUT2D eigenvalue weighted by atomic mass is 32.1. The zero-order valence-electron chi connectivity index (χ0n) is 8.90. The maximum atomic E-state index is 9.00. The third kappa shape index (κ3) is 1.46. The van der Waals surface area contributed by atoms with Crippen molar-refractivity contribution in [2.24, 2.45) is 0 Å². The van der Waals surface area contributed by atoms with Crippen LogP contribution < -0.4 is 0 Å². The average Bonchev–Trinajstić information content (AvgIpc) is 2.63. The average molecular weight is 229 g/mol. The zero-order valence-corrected chi connectivity index (χ0v) is 9.71. The number of allylic oxidation sites excluding steroid dienone is 1. The number of fused-ring (bicyclic) bond motifs is 1. The minimum atomic E-state index is 0.107. The fourth-order valence-electron chi connectivity index (χ4n) is 1.75. The van der Waals surface area contributed by atoms with E-state index in [1.54, 1.807) is 6.07 Å². The molecule has 1 N–H and O–H groups in total. The first-order valence-corrected chi connectivity index (χ1v) is 5.35. The number of para-hydroxylation sites is 1. The molecule has 1 atom stereocenters. The third-order valence-corrected chi connectivity index (χ3v) is 2.92. The van der Waals surface area contributed by atoms with Crippen molar-refractivity contribution in [2.45, 2.75) is 13.0 Å². The van der Waals surface area contributed by atoms with E-state index in [-0.39, 0.29) is 6.04 Å². The molecule has 0 aliphatic carbocycles. The number of hydrogen-bond donors (Lipinski definition) is 1. The quantitative estimate of drug-likeness (QED) is 0.634. The molecule has 1 unspecified atom stereocenters. The Morgan fingerprint density at radius 2 is 2.38 bits per heavy atom. The number of benzene rings is 1. The number of nitriles is 1. The monoisotopic (exact) mass is 229 g/mol. The molecule has 0 radical (unpaired) electrons. The lowest BCUT2D eigenvalue weighted by Crippen LogP contribution is -2.01. The summed E-state index contributed by atoms with van der Waals surface area (Å²) in [5.74, 6) is 0. The van der Waals surface area contributed by atoms with Crippen molar-refractivity contribution in [3.05, 3.63) is 41.2 Å². The van der Waals surface area contributed by atoms with Crippen LogP contribution in [0.1, 0.15) is 18.5 Å². The Morgan fingerprint density at radius 1 is 1.62 bits per heavy atom. The van der Waals surface area contributed by atoms with E-state index in [2.05, 4.69) is 17.6 Å². The highest BCUT2D eigenvalue weighted by Gasteiger charge is 2.10. The second-order valence-corrected chi connectivity index (χ2v) is 3.97. The number of rotatable bonds is 2. The van der Waals surface area contributed by atoms with Gasteiger partial charge >= 0.3 is 0 Å². The first-order chi connectivity index (χ1) is 7.69. The number of imidazole rings is 1. The second-order valence-electron chi connectivity index (χ2n) is 3.59. The highest BCUT2D eigenvalue weighted by Crippen LogP contribution is 2.22. The van der Waals surface area contributed by atoms with Crippen LogP contribution in [0.15, 0.2) is 30.9 Å². The maximum Gasteiger partial charge on any atom is 0.178 e. The molecule has 1 aromatic carbocycles. The number of nitrogens with one attached hydrogen (secondary N) is 1. The van der Waals surface area contributed by atoms with Crippen LogP contribution in [0.2, 0.25) is 0 Å². The van der Waals surface area contributed by atoms with Gasteiger partial charge in [0.25, 0.3) is 0 Å². The van der Waals surface area contributed by atoms with Gasteiger partial charge in [-0.05, 0) is 31.3 Å². The predicted octanol–water partition coefficient (Wildman–Crippen LogP) is 3.32. The Hall–Kier alpha value is -1.86. The van der Waals surface area contributed by atoms with Crippen LogP contribution >= 0.6 is 12.2 Å². The van der Waals surface area contributed by atoms with Crippen LogP contribution in [0, 0.1) is 16.1 Å². The minimum absolute atomic E-state index is 0.107. The first kappa shape index (κ1) is 10.7. The maximum absolute atomic E-state index is 9.00. The lowest BCUT2D eigenvalue weighted by Gasteiger charge is -2.08. The third-order valence-electron chi connectivity index (χ3n) is 2.62. The summed E-state index contributed by atoms with van der Waals surface area (Å²) in [5, 5.41) is 9.00. The summed E-state index contributed by atoms with van der Waals surface area (Å²) in [4.78, 5) is 3.07. The molecule has 4 heteroatoms. The Kier molecular flexibility index (Phi) is 2.63. The molecule has 0 saturated carbocycles.